The lowest BCUT2D eigenvalue weighted by molar-refractivity contribution is -0.131. The minimum Gasteiger partial charge on any atom is -0.340 e. The number of aromatic nitrogens is 4. The molecule has 2 aromatic heterocycles. The summed E-state index contributed by atoms with van der Waals surface area (Å²) in [5, 5.41) is 10.9. The molecule has 1 N–H and O–H groups in total. The Bertz CT molecular complexity index is 529. The topological polar surface area (TPSA) is 66.8 Å². The third-order valence-corrected chi connectivity index (χ3v) is 2.79. The average Bonchev–Trinajstić information content (AvgIpc) is 2.89. The number of carbonyl (C=O) groups is 1. The first-order chi connectivity index (χ1) is 8.56. The summed E-state index contributed by atoms with van der Waals surface area (Å²) in [6.45, 7) is 4.69. The van der Waals surface area contributed by atoms with Gasteiger partial charge in [0.05, 0.1) is 11.9 Å². The van der Waals surface area contributed by atoms with Crippen molar-refractivity contribution < 1.29 is 4.79 Å². The molecule has 0 fully saturated rings. The zero-order valence-corrected chi connectivity index (χ0v) is 10.8. The van der Waals surface area contributed by atoms with Crippen LogP contribution >= 0.6 is 0 Å². The van der Waals surface area contributed by atoms with Crippen LogP contribution in [-0.4, -0.2) is 37.8 Å². The predicted octanol–water partition coefficient (Wildman–Crippen LogP) is 0.882. The molecule has 2 aromatic rings. The van der Waals surface area contributed by atoms with E-state index in [0.29, 0.717) is 6.54 Å². The van der Waals surface area contributed by atoms with Gasteiger partial charge in [-0.1, -0.05) is 0 Å². The first kappa shape index (κ1) is 12.3. The van der Waals surface area contributed by atoms with E-state index in [4.69, 9.17) is 0 Å². The van der Waals surface area contributed by atoms with E-state index >= 15 is 0 Å². The number of nitrogens with one attached hydrogen (secondary N) is 1. The van der Waals surface area contributed by atoms with E-state index in [1.807, 2.05) is 19.9 Å². The minimum absolute atomic E-state index is 0.0300. The van der Waals surface area contributed by atoms with Crippen molar-refractivity contribution in [3.05, 3.63) is 35.4 Å². The van der Waals surface area contributed by atoms with Gasteiger partial charge in [0.2, 0.25) is 5.91 Å². The molecule has 6 heteroatoms. The molecule has 0 aliphatic rings. The second-order valence-electron chi connectivity index (χ2n) is 4.44. The molecular formula is C12H17N5O. The first-order valence-corrected chi connectivity index (χ1v) is 5.79. The third-order valence-electron chi connectivity index (χ3n) is 2.79. The Balaban J connectivity index is 1.97. The number of rotatable bonds is 4. The van der Waals surface area contributed by atoms with E-state index in [1.165, 1.54) is 0 Å². The van der Waals surface area contributed by atoms with Crippen LogP contribution in [0.4, 0.5) is 0 Å². The average molecular weight is 247 g/mol. The molecule has 0 atom stereocenters. The number of hydrogen-bond acceptors (Lipinski definition) is 3. The van der Waals surface area contributed by atoms with Crippen LogP contribution in [0.25, 0.3) is 0 Å². The molecule has 0 aliphatic heterocycles. The van der Waals surface area contributed by atoms with Crippen molar-refractivity contribution in [2.24, 2.45) is 0 Å². The molecule has 0 spiro atoms. The summed E-state index contributed by atoms with van der Waals surface area (Å²) < 4.78 is 1.73. The minimum atomic E-state index is 0.0300. The Labute approximate surface area is 106 Å². The number of hydrogen-bond donors (Lipinski definition) is 1. The molecule has 1 amide bonds. The lowest BCUT2D eigenvalue weighted by Crippen LogP contribution is -2.30. The molecule has 6 nitrogen and oxygen atoms in total. The zero-order chi connectivity index (χ0) is 13.1. The molecule has 2 rings (SSSR count). The molecule has 96 valence electrons. The lowest BCUT2D eigenvalue weighted by atomic mass is 10.3. The highest BCUT2D eigenvalue weighted by molar-refractivity contribution is 5.75. The summed E-state index contributed by atoms with van der Waals surface area (Å²) in [5.74, 6) is 0.0300. The summed E-state index contributed by atoms with van der Waals surface area (Å²) in [7, 11) is 1.78. The van der Waals surface area contributed by atoms with E-state index in [1.54, 1.807) is 29.0 Å². The van der Waals surface area contributed by atoms with E-state index in [0.717, 1.165) is 17.0 Å². The monoisotopic (exact) mass is 247 g/mol. The number of aromatic amines is 1. The number of likely N-dealkylation sites (N-methyl/N-ethyl adjacent to an activating group) is 1. The summed E-state index contributed by atoms with van der Waals surface area (Å²) >= 11 is 0. The molecule has 0 unspecified atom stereocenters. The highest BCUT2D eigenvalue weighted by atomic mass is 16.2. The fourth-order valence-electron chi connectivity index (χ4n) is 1.81. The smallest absolute Gasteiger partial charge is 0.244 e. The van der Waals surface area contributed by atoms with Gasteiger partial charge < -0.3 is 4.90 Å². The van der Waals surface area contributed by atoms with Gasteiger partial charge in [0.15, 0.2) is 0 Å². The number of carbonyl (C=O) groups excluding carboxylic acids is 1. The standard InChI is InChI=1S/C12H17N5O/c1-9-4-10(2)17(15-9)8-12(18)16(3)7-11-5-13-14-6-11/h4-6H,7-8H2,1-3H3,(H,13,14). The van der Waals surface area contributed by atoms with Crippen molar-refractivity contribution >= 4 is 5.91 Å². The highest BCUT2D eigenvalue weighted by Gasteiger charge is 2.12. The maximum absolute atomic E-state index is 12.0. The van der Waals surface area contributed by atoms with Crippen molar-refractivity contribution in [2.45, 2.75) is 26.9 Å². The van der Waals surface area contributed by atoms with Gasteiger partial charge in [0.1, 0.15) is 6.54 Å². The summed E-state index contributed by atoms with van der Waals surface area (Å²) in [6, 6.07) is 1.96. The first-order valence-electron chi connectivity index (χ1n) is 5.79. The van der Waals surface area contributed by atoms with Gasteiger partial charge in [-0.05, 0) is 19.9 Å². The number of nitrogens with zero attached hydrogens (tertiary/aromatic N) is 4. The molecule has 0 radical (unpaired) electrons. The predicted molar refractivity (Wildman–Crippen MR) is 66.8 cm³/mol. The third kappa shape index (κ3) is 2.77. The Morgan fingerprint density at radius 1 is 1.50 bits per heavy atom. The largest absolute Gasteiger partial charge is 0.340 e. The van der Waals surface area contributed by atoms with E-state index in [2.05, 4.69) is 15.3 Å². The Morgan fingerprint density at radius 3 is 2.83 bits per heavy atom. The zero-order valence-electron chi connectivity index (χ0n) is 10.8. The van der Waals surface area contributed by atoms with Gasteiger partial charge in [0, 0.05) is 31.0 Å². The van der Waals surface area contributed by atoms with Crippen LogP contribution in [0.1, 0.15) is 17.0 Å². The second kappa shape index (κ2) is 5.03. The van der Waals surface area contributed by atoms with Crippen LogP contribution in [0.15, 0.2) is 18.5 Å². The Hall–Kier alpha value is -2.11. The fraction of sp³-hybridized carbons (Fsp3) is 0.417. The van der Waals surface area contributed by atoms with Crippen LogP contribution in [0.2, 0.25) is 0 Å². The van der Waals surface area contributed by atoms with Crippen molar-refractivity contribution in [2.75, 3.05) is 7.05 Å². The van der Waals surface area contributed by atoms with Crippen LogP contribution in [0.5, 0.6) is 0 Å². The second-order valence-corrected chi connectivity index (χ2v) is 4.44. The van der Waals surface area contributed by atoms with Gasteiger partial charge in [-0.2, -0.15) is 10.2 Å². The van der Waals surface area contributed by atoms with Gasteiger partial charge in [-0.25, -0.2) is 0 Å². The van der Waals surface area contributed by atoms with E-state index < -0.39 is 0 Å². The number of amides is 1. The molecule has 0 saturated heterocycles. The van der Waals surface area contributed by atoms with Crippen molar-refractivity contribution in [3.8, 4) is 0 Å². The van der Waals surface area contributed by atoms with Crippen LogP contribution < -0.4 is 0 Å². The highest BCUT2D eigenvalue weighted by Crippen LogP contribution is 2.04. The molecule has 2 heterocycles. The molecular weight excluding hydrogens is 230 g/mol. The SMILES string of the molecule is Cc1cc(C)n(CC(=O)N(C)Cc2cn[nH]c2)n1. The van der Waals surface area contributed by atoms with E-state index in [9.17, 15) is 4.79 Å². The lowest BCUT2D eigenvalue weighted by Gasteiger charge is -2.16. The Kier molecular flexibility index (Phi) is 3.45. The van der Waals surface area contributed by atoms with Gasteiger partial charge in [-0.15, -0.1) is 0 Å². The van der Waals surface area contributed by atoms with Crippen molar-refractivity contribution in [3.63, 3.8) is 0 Å². The molecule has 0 aliphatic carbocycles. The van der Waals surface area contributed by atoms with Crippen molar-refractivity contribution in [1.82, 2.24) is 24.9 Å². The van der Waals surface area contributed by atoms with E-state index in [-0.39, 0.29) is 12.5 Å². The van der Waals surface area contributed by atoms with Crippen LogP contribution in [-0.2, 0) is 17.9 Å². The molecule has 0 aromatic carbocycles. The van der Waals surface area contributed by atoms with Crippen LogP contribution in [0.3, 0.4) is 0 Å². The molecule has 0 saturated carbocycles. The summed E-state index contributed by atoms with van der Waals surface area (Å²) in [6.07, 6.45) is 3.50. The van der Waals surface area contributed by atoms with Gasteiger partial charge in [0.25, 0.3) is 0 Å². The maximum Gasteiger partial charge on any atom is 0.244 e. The number of aryl methyl sites for hydroxylation is 2. The fourth-order valence-corrected chi connectivity index (χ4v) is 1.81. The van der Waals surface area contributed by atoms with Crippen LogP contribution in [0, 0.1) is 13.8 Å². The van der Waals surface area contributed by atoms with Crippen molar-refractivity contribution in [1.29, 1.82) is 0 Å². The molecule has 0 bridgehead atoms. The van der Waals surface area contributed by atoms with Gasteiger partial charge >= 0.3 is 0 Å². The Morgan fingerprint density at radius 2 is 2.28 bits per heavy atom. The summed E-state index contributed by atoms with van der Waals surface area (Å²) in [4.78, 5) is 13.7. The molecule has 18 heavy (non-hydrogen) atoms. The summed E-state index contributed by atoms with van der Waals surface area (Å²) in [5.41, 5.74) is 2.91. The van der Waals surface area contributed by atoms with Gasteiger partial charge in [-0.3, -0.25) is 14.6 Å². The normalized spacial score (nSPS) is 10.6. The number of H-pyrrole nitrogens is 1. The maximum atomic E-state index is 12.0. The quantitative estimate of drug-likeness (QED) is 0.872.